The van der Waals surface area contributed by atoms with Crippen LogP contribution >= 0.6 is 23.2 Å². The van der Waals surface area contributed by atoms with Crippen molar-refractivity contribution in [1.82, 2.24) is 10.2 Å². The maximum atomic E-state index is 13.1. The van der Waals surface area contributed by atoms with Gasteiger partial charge in [-0.1, -0.05) is 41.4 Å². The second-order valence-corrected chi connectivity index (χ2v) is 7.29. The lowest BCUT2D eigenvalue weighted by Crippen LogP contribution is -2.52. The van der Waals surface area contributed by atoms with Crippen molar-refractivity contribution in [2.45, 2.75) is 18.7 Å². The summed E-state index contributed by atoms with van der Waals surface area (Å²) in [5.41, 5.74) is 1.39. The van der Waals surface area contributed by atoms with Crippen LogP contribution in [0.2, 0.25) is 10.0 Å². The van der Waals surface area contributed by atoms with Gasteiger partial charge in [-0.25, -0.2) is 0 Å². The number of hydrogen-bond donors (Lipinski definition) is 1. The van der Waals surface area contributed by atoms with Gasteiger partial charge < -0.3 is 19.7 Å². The molecule has 1 heterocycles. The first-order chi connectivity index (χ1) is 13.4. The molecule has 1 aliphatic heterocycles. The summed E-state index contributed by atoms with van der Waals surface area (Å²) in [6.07, 6.45) is -0.896. The topological polar surface area (TPSA) is 67.9 Å². The third kappa shape index (κ3) is 4.41. The van der Waals surface area contributed by atoms with Crippen LogP contribution in [0, 0.1) is 0 Å². The third-order valence-corrected chi connectivity index (χ3v) is 5.10. The molecule has 148 valence electrons. The van der Waals surface area contributed by atoms with Crippen molar-refractivity contribution in [3.63, 3.8) is 0 Å². The van der Waals surface area contributed by atoms with E-state index >= 15 is 0 Å². The number of likely N-dealkylation sites (N-methyl/N-ethyl adjacent to an activating group) is 1. The molecule has 3 rings (SSSR count). The number of morpholine rings is 1. The molecule has 28 heavy (non-hydrogen) atoms. The molecule has 1 N–H and O–H groups in total. The molecule has 2 atom stereocenters. The first-order valence-electron chi connectivity index (χ1n) is 8.63. The van der Waals surface area contributed by atoms with Crippen molar-refractivity contribution in [1.29, 1.82) is 0 Å². The van der Waals surface area contributed by atoms with Gasteiger partial charge >= 0.3 is 0 Å². The highest BCUT2D eigenvalue weighted by Gasteiger charge is 2.38. The molecule has 6 nitrogen and oxygen atoms in total. The van der Waals surface area contributed by atoms with Crippen molar-refractivity contribution < 1.29 is 19.1 Å². The molecule has 2 amide bonds. The summed E-state index contributed by atoms with van der Waals surface area (Å²) in [5.74, 6) is 0.0460. The standard InChI is InChI=1S/C20H20Cl2N2O4/c1-24(10-12-9-13(21)7-8-16(12)27-2)20(26)19-18(23-17(25)11-28-19)14-5-3-4-6-15(14)22/h3-9,18-19H,10-11H2,1-2H3,(H,23,25)/t18-,19+/m1/s1. The average molecular weight is 423 g/mol. The van der Waals surface area contributed by atoms with E-state index in [4.69, 9.17) is 32.7 Å². The smallest absolute Gasteiger partial charge is 0.254 e. The summed E-state index contributed by atoms with van der Waals surface area (Å²) < 4.78 is 10.9. The molecule has 1 fully saturated rings. The summed E-state index contributed by atoms with van der Waals surface area (Å²) in [5, 5.41) is 3.82. The summed E-state index contributed by atoms with van der Waals surface area (Å²) in [4.78, 5) is 26.5. The van der Waals surface area contributed by atoms with Crippen molar-refractivity contribution in [2.75, 3.05) is 20.8 Å². The highest BCUT2D eigenvalue weighted by molar-refractivity contribution is 6.31. The van der Waals surface area contributed by atoms with Gasteiger partial charge in [-0.2, -0.15) is 0 Å². The molecule has 0 saturated carbocycles. The molecular weight excluding hydrogens is 403 g/mol. The Labute approximate surface area is 173 Å². The van der Waals surface area contributed by atoms with E-state index in [1.54, 1.807) is 56.6 Å². The van der Waals surface area contributed by atoms with Gasteiger partial charge in [0.1, 0.15) is 12.4 Å². The molecule has 2 aromatic carbocycles. The van der Waals surface area contributed by atoms with Crippen molar-refractivity contribution in [3.05, 3.63) is 63.6 Å². The molecule has 0 radical (unpaired) electrons. The predicted molar refractivity (Wildman–Crippen MR) is 107 cm³/mol. The number of halogens is 2. The summed E-state index contributed by atoms with van der Waals surface area (Å²) >= 11 is 12.4. The Bertz CT molecular complexity index is 890. The molecule has 2 aromatic rings. The normalized spacial score (nSPS) is 19.1. The monoisotopic (exact) mass is 422 g/mol. The van der Waals surface area contributed by atoms with Crippen molar-refractivity contribution in [3.8, 4) is 5.75 Å². The second kappa shape index (κ2) is 8.82. The number of hydrogen-bond acceptors (Lipinski definition) is 4. The summed E-state index contributed by atoms with van der Waals surface area (Å²) in [7, 11) is 3.22. The van der Waals surface area contributed by atoms with Crippen molar-refractivity contribution >= 4 is 35.0 Å². The van der Waals surface area contributed by atoms with Gasteiger partial charge in [0.15, 0.2) is 6.10 Å². The van der Waals surface area contributed by atoms with E-state index < -0.39 is 12.1 Å². The minimum atomic E-state index is -0.896. The number of rotatable bonds is 5. The molecule has 0 aromatic heterocycles. The minimum Gasteiger partial charge on any atom is -0.496 e. The first kappa shape index (κ1) is 20.5. The Kier molecular flexibility index (Phi) is 6.44. The maximum Gasteiger partial charge on any atom is 0.254 e. The zero-order valence-electron chi connectivity index (χ0n) is 15.4. The molecule has 0 bridgehead atoms. The Morgan fingerprint density at radius 2 is 2.04 bits per heavy atom. The highest BCUT2D eigenvalue weighted by Crippen LogP contribution is 2.30. The average Bonchev–Trinajstić information content (AvgIpc) is 2.68. The van der Waals surface area contributed by atoms with E-state index in [1.807, 2.05) is 0 Å². The van der Waals surface area contributed by atoms with E-state index in [9.17, 15) is 9.59 Å². The number of nitrogens with zero attached hydrogens (tertiary/aromatic N) is 1. The number of methoxy groups -OCH3 is 1. The zero-order valence-corrected chi connectivity index (χ0v) is 17.0. The van der Waals surface area contributed by atoms with Gasteiger partial charge in [-0.3, -0.25) is 9.59 Å². The molecule has 0 unspecified atom stereocenters. The summed E-state index contributed by atoms with van der Waals surface area (Å²) in [6, 6.07) is 11.6. The van der Waals surface area contributed by atoms with E-state index in [2.05, 4.69) is 5.32 Å². The molecule has 1 aliphatic rings. The van der Waals surface area contributed by atoms with Crippen LogP contribution in [0.3, 0.4) is 0 Å². The quantitative estimate of drug-likeness (QED) is 0.802. The lowest BCUT2D eigenvalue weighted by atomic mass is 9.98. The van der Waals surface area contributed by atoms with Crippen LogP contribution in [0.5, 0.6) is 5.75 Å². The fourth-order valence-electron chi connectivity index (χ4n) is 3.16. The number of carbonyl (C=O) groups is 2. The minimum absolute atomic E-state index is 0.189. The Hall–Kier alpha value is -2.28. The van der Waals surface area contributed by atoms with E-state index in [0.29, 0.717) is 21.4 Å². The molecule has 0 aliphatic carbocycles. The molecule has 1 saturated heterocycles. The SMILES string of the molecule is COc1ccc(Cl)cc1CN(C)C(=O)[C@H]1OCC(=O)N[C@@H]1c1ccccc1Cl. The van der Waals surface area contributed by atoms with Crippen LogP contribution in [0.1, 0.15) is 17.2 Å². The van der Waals surface area contributed by atoms with Crippen LogP contribution in [-0.2, 0) is 20.9 Å². The number of ether oxygens (including phenoxy) is 2. The van der Waals surface area contributed by atoms with Crippen molar-refractivity contribution in [2.24, 2.45) is 0 Å². The summed E-state index contributed by atoms with van der Waals surface area (Å²) in [6.45, 7) is 0.0807. The zero-order chi connectivity index (χ0) is 20.3. The van der Waals surface area contributed by atoms with Crippen LogP contribution < -0.4 is 10.1 Å². The molecule has 8 heteroatoms. The lowest BCUT2D eigenvalue weighted by molar-refractivity contribution is -0.154. The number of benzene rings is 2. The van der Waals surface area contributed by atoms with Crippen LogP contribution in [0.25, 0.3) is 0 Å². The van der Waals surface area contributed by atoms with Crippen LogP contribution in [-0.4, -0.2) is 43.6 Å². The second-order valence-electron chi connectivity index (χ2n) is 6.45. The Morgan fingerprint density at radius 3 is 2.75 bits per heavy atom. The fraction of sp³-hybridized carbons (Fsp3) is 0.300. The third-order valence-electron chi connectivity index (χ3n) is 4.52. The van der Waals surface area contributed by atoms with Crippen LogP contribution in [0.4, 0.5) is 0 Å². The maximum absolute atomic E-state index is 13.1. The lowest BCUT2D eigenvalue weighted by Gasteiger charge is -2.34. The first-order valence-corrected chi connectivity index (χ1v) is 9.39. The molecular formula is C20H20Cl2N2O4. The Morgan fingerprint density at radius 1 is 1.29 bits per heavy atom. The number of nitrogens with one attached hydrogen (secondary N) is 1. The fourth-order valence-corrected chi connectivity index (χ4v) is 3.60. The Balaban J connectivity index is 1.84. The largest absolute Gasteiger partial charge is 0.496 e. The predicted octanol–water partition coefficient (Wildman–Crippen LogP) is 3.22. The van der Waals surface area contributed by atoms with E-state index in [1.165, 1.54) is 4.90 Å². The van der Waals surface area contributed by atoms with Crippen LogP contribution in [0.15, 0.2) is 42.5 Å². The number of amides is 2. The van der Waals surface area contributed by atoms with E-state index in [-0.39, 0.29) is 25.0 Å². The van der Waals surface area contributed by atoms with E-state index in [0.717, 1.165) is 5.56 Å². The number of carbonyl (C=O) groups excluding carboxylic acids is 2. The van der Waals surface area contributed by atoms with Gasteiger partial charge in [0.05, 0.1) is 13.2 Å². The van der Waals surface area contributed by atoms with Gasteiger partial charge in [-0.05, 0) is 29.8 Å². The molecule has 0 spiro atoms. The van der Waals surface area contributed by atoms with Gasteiger partial charge in [-0.15, -0.1) is 0 Å². The highest BCUT2D eigenvalue weighted by atomic mass is 35.5. The van der Waals surface area contributed by atoms with Gasteiger partial charge in [0, 0.05) is 29.2 Å². The van der Waals surface area contributed by atoms with Gasteiger partial charge in [0.25, 0.3) is 5.91 Å². The van der Waals surface area contributed by atoms with Gasteiger partial charge in [0.2, 0.25) is 5.91 Å².